The molecule has 3 rings (SSSR count). The van der Waals surface area contributed by atoms with Crippen LogP contribution in [0.3, 0.4) is 0 Å². The van der Waals surface area contributed by atoms with Crippen LogP contribution in [-0.2, 0) is 16.0 Å². The molecule has 0 bridgehead atoms. The number of hydrogen-bond acceptors (Lipinski definition) is 5. The molecule has 2 aliphatic heterocycles. The van der Waals surface area contributed by atoms with Crippen LogP contribution in [0.2, 0.25) is 0 Å². The van der Waals surface area contributed by atoms with Gasteiger partial charge >= 0.3 is 0 Å². The normalized spacial score (nSPS) is 20.5. The SMILES string of the molecule is CCCN1CC2(CCN(C(=O)c3sc(CC)nc3C)CC2)OCCC1=O. The summed E-state index contributed by atoms with van der Waals surface area (Å²) in [5, 5.41) is 1.01. The molecule has 144 valence electrons. The molecular weight excluding hydrogens is 350 g/mol. The first-order chi connectivity index (χ1) is 12.5. The molecule has 1 aromatic heterocycles. The molecule has 1 aromatic rings. The molecule has 0 aromatic carbocycles. The number of piperidine rings is 1. The van der Waals surface area contributed by atoms with Crippen LogP contribution in [0.15, 0.2) is 0 Å². The lowest BCUT2D eigenvalue weighted by atomic mass is 9.90. The van der Waals surface area contributed by atoms with E-state index < -0.39 is 0 Å². The highest BCUT2D eigenvalue weighted by atomic mass is 32.1. The molecule has 2 aliphatic rings. The van der Waals surface area contributed by atoms with Gasteiger partial charge in [0, 0.05) is 26.2 Å². The molecule has 0 saturated carbocycles. The van der Waals surface area contributed by atoms with Crippen molar-refractivity contribution in [2.45, 2.75) is 58.5 Å². The van der Waals surface area contributed by atoms with E-state index in [9.17, 15) is 9.59 Å². The van der Waals surface area contributed by atoms with Gasteiger partial charge < -0.3 is 14.5 Å². The van der Waals surface area contributed by atoms with E-state index in [-0.39, 0.29) is 17.4 Å². The van der Waals surface area contributed by atoms with Crippen molar-refractivity contribution in [2.24, 2.45) is 0 Å². The first-order valence-corrected chi connectivity index (χ1v) is 10.5. The zero-order valence-corrected chi connectivity index (χ0v) is 16.9. The summed E-state index contributed by atoms with van der Waals surface area (Å²) in [6.45, 7) is 9.34. The average Bonchev–Trinajstić information content (AvgIpc) is 2.95. The molecule has 0 unspecified atom stereocenters. The zero-order chi connectivity index (χ0) is 18.7. The number of amides is 2. The number of aromatic nitrogens is 1. The maximum Gasteiger partial charge on any atom is 0.265 e. The second-order valence-corrected chi connectivity index (χ2v) is 8.35. The highest BCUT2D eigenvalue weighted by Crippen LogP contribution is 2.31. The third-order valence-corrected chi connectivity index (χ3v) is 6.64. The predicted molar refractivity (Wildman–Crippen MR) is 102 cm³/mol. The number of nitrogens with zero attached hydrogens (tertiary/aromatic N) is 3. The van der Waals surface area contributed by atoms with E-state index in [1.165, 1.54) is 11.3 Å². The molecule has 2 fully saturated rings. The zero-order valence-electron chi connectivity index (χ0n) is 16.0. The molecule has 0 aliphatic carbocycles. The number of carbonyl (C=O) groups excluding carboxylic acids is 2. The van der Waals surface area contributed by atoms with E-state index >= 15 is 0 Å². The molecule has 0 atom stereocenters. The van der Waals surface area contributed by atoms with Crippen molar-refractivity contribution in [1.29, 1.82) is 0 Å². The molecule has 26 heavy (non-hydrogen) atoms. The topological polar surface area (TPSA) is 62.7 Å². The summed E-state index contributed by atoms with van der Waals surface area (Å²) < 4.78 is 6.15. The Hall–Kier alpha value is -1.47. The van der Waals surface area contributed by atoms with Crippen LogP contribution in [-0.4, -0.2) is 65.0 Å². The largest absolute Gasteiger partial charge is 0.372 e. The van der Waals surface area contributed by atoms with Gasteiger partial charge in [0.1, 0.15) is 4.88 Å². The number of carbonyl (C=O) groups is 2. The first-order valence-electron chi connectivity index (χ1n) is 9.65. The second-order valence-electron chi connectivity index (χ2n) is 7.26. The predicted octanol–water partition coefficient (Wildman–Crippen LogP) is 2.65. The maximum absolute atomic E-state index is 12.9. The number of aryl methyl sites for hydroxylation is 2. The fourth-order valence-electron chi connectivity index (χ4n) is 3.83. The summed E-state index contributed by atoms with van der Waals surface area (Å²) in [5.41, 5.74) is 0.540. The van der Waals surface area contributed by atoms with Crippen molar-refractivity contribution in [2.75, 3.05) is 32.8 Å². The van der Waals surface area contributed by atoms with Crippen LogP contribution in [0.4, 0.5) is 0 Å². The van der Waals surface area contributed by atoms with Crippen molar-refractivity contribution in [1.82, 2.24) is 14.8 Å². The molecule has 2 saturated heterocycles. The van der Waals surface area contributed by atoms with Crippen LogP contribution in [0.5, 0.6) is 0 Å². The number of hydrogen-bond donors (Lipinski definition) is 0. The van der Waals surface area contributed by atoms with Gasteiger partial charge in [-0.2, -0.15) is 0 Å². The molecule has 3 heterocycles. The first kappa shape index (κ1) is 19.3. The van der Waals surface area contributed by atoms with Gasteiger partial charge in [-0.1, -0.05) is 13.8 Å². The lowest BCUT2D eigenvalue weighted by Gasteiger charge is -2.42. The van der Waals surface area contributed by atoms with Gasteiger partial charge in [0.05, 0.1) is 29.3 Å². The fourth-order valence-corrected chi connectivity index (χ4v) is 4.81. The minimum absolute atomic E-state index is 0.0877. The molecule has 0 radical (unpaired) electrons. The Bertz CT molecular complexity index is 665. The van der Waals surface area contributed by atoms with Gasteiger partial charge in [0.25, 0.3) is 5.91 Å². The van der Waals surface area contributed by atoms with Gasteiger partial charge in [-0.15, -0.1) is 11.3 Å². The monoisotopic (exact) mass is 379 g/mol. The third-order valence-electron chi connectivity index (χ3n) is 5.35. The van der Waals surface area contributed by atoms with Gasteiger partial charge in [-0.05, 0) is 32.6 Å². The number of ether oxygens (including phenoxy) is 1. The maximum atomic E-state index is 12.9. The van der Waals surface area contributed by atoms with Crippen LogP contribution >= 0.6 is 11.3 Å². The summed E-state index contributed by atoms with van der Waals surface area (Å²) in [5.74, 6) is 0.277. The minimum atomic E-state index is -0.296. The van der Waals surface area contributed by atoms with Gasteiger partial charge in [0.2, 0.25) is 5.91 Å². The highest BCUT2D eigenvalue weighted by molar-refractivity contribution is 7.13. The van der Waals surface area contributed by atoms with Gasteiger partial charge in [0.15, 0.2) is 0 Å². The highest BCUT2D eigenvalue weighted by Gasteiger charge is 2.41. The quantitative estimate of drug-likeness (QED) is 0.807. The van der Waals surface area contributed by atoms with Crippen LogP contribution < -0.4 is 0 Å². The van der Waals surface area contributed by atoms with E-state index in [1.807, 2.05) is 16.7 Å². The lowest BCUT2D eigenvalue weighted by Crippen LogP contribution is -2.53. The third kappa shape index (κ3) is 3.93. The fraction of sp³-hybridized carbons (Fsp3) is 0.737. The lowest BCUT2D eigenvalue weighted by molar-refractivity contribution is -0.131. The van der Waals surface area contributed by atoms with Gasteiger partial charge in [-0.3, -0.25) is 9.59 Å². The Morgan fingerprint density at radius 2 is 2.04 bits per heavy atom. The summed E-state index contributed by atoms with van der Waals surface area (Å²) >= 11 is 1.51. The molecule has 7 heteroatoms. The van der Waals surface area contributed by atoms with Crippen molar-refractivity contribution < 1.29 is 14.3 Å². The van der Waals surface area contributed by atoms with E-state index in [4.69, 9.17) is 4.74 Å². The second kappa shape index (κ2) is 8.05. The molecule has 2 amide bonds. The number of rotatable bonds is 4. The molecular formula is C19H29N3O3S. The smallest absolute Gasteiger partial charge is 0.265 e. The van der Waals surface area contributed by atoms with E-state index in [0.29, 0.717) is 32.7 Å². The van der Waals surface area contributed by atoms with Crippen molar-refractivity contribution in [3.8, 4) is 0 Å². The Balaban J connectivity index is 1.66. The van der Waals surface area contributed by atoms with E-state index in [1.54, 1.807) is 0 Å². The molecule has 0 N–H and O–H groups in total. The number of likely N-dealkylation sites (tertiary alicyclic amines) is 1. The Labute approximate surface area is 159 Å². The van der Waals surface area contributed by atoms with Crippen LogP contribution in [0.1, 0.15) is 59.9 Å². The number of thiazole rings is 1. The Morgan fingerprint density at radius 3 is 2.65 bits per heavy atom. The van der Waals surface area contributed by atoms with E-state index in [0.717, 1.165) is 47.8 Å². The summed E-state index contributed by atoms with van der Waals surface area (Å²) in [4.78, 5) is 34.3. The summed E-state index contributed by atoms with van der Waals surface area (Å²) in [6, 6.07) is 0. The standard InChI is InChI=1S/C19H29N3O3S/c1-4-9-22-13-19(25-12-6-16(22)23)7-10-21(11-8-19)18(24)17-14(3)20-15(5-2)26-17/h4-13H2,1-3H3. The molecule has 6 nitrogen and oxygen atoms in total. The van der Waals surface area contributed by atoms with Crippen LogP contribution in [0, 0.1) is 6.92 Å². The Kier molecular flexibility index (Phi) is 5.97. The average molecular weight is 380 g/mol. The molecule has 1 spiro atoms. The Morgan fingerprint density at radius 1 is 1.31 bits per heavy atom. The van der Waals surface area contributed by atoms with E-state index in [2.05, 4.69) is 18.8 Å². The van der Waals surface area contributed by atoms with Crippen molar-refractivity contribution in [3.63, 3.8) is 0 Å². The van der Waals surface area contributed by atoms with Crippen LogP contribution in [0.25, 0.3) is 0 Å². The van der Waals surface area contributed by atoms with Crippen molar-refractivity contribution in [3.05, 3.63) is 15.6 Å². The van der Waals surface area contributed by atoms with Crippen molar-refractivity contribution >= 4 is 23.2 Å². The summed E-state index contributed by atoms with van der Waals surface area (Å²) in [7, 11) is 0. The minimum Gasteiger partial charge on any atom is -0.372 e. The van der Waals surface area contributed by atoms with Gasteiger partial charge in [-0.25, -0.2) is 4.98 Å². The summed E-state index contributed by atoms with van der Waals surface area (Å²) in [6.07, 6.45) is 3.84.